The zero-order valence-electron chi connectivity index (χ0n) is 6.77. The van der Waals surface area contributed by atoms with E-state index in [2.05, 4.69) is 15.4 Å². The van der Waals surface area contributed by atoms with Crippen molar-refractivity contribution in [3.05, 3.63) is 36.0 Å². The number of carbonyl (C=O) groups excluding carboxylic acids is 1. The number of aromatic amines is 1. The van der Waals surface area contributed by atoms with Gasteiger partial charge < -0.3 is 0 Å². The summed E-state index contributed by atoms with van der Waals surface area (Å²) in [5.74, 6) is 0. The lowest BCUT2D eigenvalue weighted by molar-refractivity contribution is 0.112. The largest absolute Gasteiger partial charge is 0.298 e. The summed E-state index contributed by atoms with van der Waals surface area (Å²) in [5.41, 5.74) is 2.10. The van der Waals surface area contributed by atoms with E-state index in [1.807, 2.05) is 18.2 Å². The van der Waals surface area contributed by atoms with Crippen LogP contribution in [0.3, 0.4) is 0 Å². The first kappa shape index (κ1) is 7.67. The van der Waals surface area contributed by atoms with Crippen molar-refractivity contribution in [1.29, 1.82) is 0 Å². The molecule has 0 saturated heterocycles. The highest BCUT2D eigenvalue weighted by molar-refractivity contribution is 5.86. The van der Waals surface area contributed by atoms with E-state index >= 15 is 0 Å². The van der Waals surface area contributed by atoms with Gasteiger partial charge in [-0.05, 0) is 0 Å². The molecule has 0 fully saturated rings. The summed E-state index contributed by atoms with van der Waals surface area (Å²) in [7, 11) is 0. The molecule has 0 bridgehead atoms. The van der Waals surface area contributed by atoms with Crippen LogP contribution in [-0.4, -0.2) is 21.7 Å². The van der Waals surface area contributed by atoms with Crippen LogP contribution in [0, 0.1) is 0 Å². The molecule has 0 unspecified atom stereocenters. The smallest absolute Gasteiger partial charge is 0.150 e. The zero-order chi connectivity index (χ0) is 9.10. The van der Waals surface area contributed by atoms with Gasteiger partial charge in [-0.3, -0.25) is 9.89 Å². The molecule has 0 saturated carbocycles. The molecular formula is C9H7N3O. The molecule has 1 heterocycles. The van der Waals surface area contributed by atoms with Crippen LogP contribution in [0.15, 0.2) is 30.5 Å². The fourth-order valence-electron chi connectivity index (χ4n) is 1.17. The third-order valence-electron chi connectivity index (χ3n) is 1.78. The minimum atomic E-state index is 0.622. The van der Waals surface area contributed by atoms with Gasteiger partial charge in [0.2, 0.25) is 0 Å². The summed E-state index contributed by atoms with van der Waals surface area (Å²) in [5, 5.41) is 10.0. The van der Waals surface area contributed by atoms with Crippen LogP contribution in [0.1, 0.15) is 10.4 Å². The minimum Gasteiger partial charge on any atom is -0.298 e. The van der Waals surface area contributed by atoms with Crippen molar-refractivity contribution in [2.75, 3.05) is 0 Å². The van der Waals surface area contributed by atoms with E-state index in [1.54, 1.807) is 12.3 Å². The molecule has 1 aromatic heterocycles. The Balaban J connectivity index is 2.57. The highest BCUT2D eigenvalue weighted by atomic mass is 16.1. The second kappa shape index (κ2) is 3.18. The average Bonchev–Trinajstić information content (AvgIpc) is 2.70. The number of rotatable bonds is 2. The van der Waals surface area contributed by atoms with Crippen molar-refractivity contribution in [2.45, 2.75) is 0 Å². The van der Waals surface area contributed by atoms with Crippen molar-refractivity contribution >= 4 is 6.29 Å². The van der Waals surface area contributed by atoms with Crippen molar-refractivity contribution in [3.8, 4) is 11.3 Å². The molecule has 13 heavy (non-hydrogen) atoms. The fourth-order valence-corrected chi connectivity index (χ4v) is 1.17. The first-order valence-electron chi connectivity index (χ1n) is 3.83. The van der Waals surface area contributed by atoms with E-state index in [0.717, 1.165) is 11.8 Å². The Bertz CT molecular complexity index is 409. The van der Waals surface area contributed by atoms with Crippen LogP contribution in [0.5, 0.6) is 0 Å². The molecule has 0 aliphatic carbocycles. The second-order valence-electron chi connectivity index (χ2n) is 2.56. The zero-order valence-corrected chi connectivity index (χ0v) is 6.77. The Kier molecular flexibility index (Phi) is 1.88. The number of nitrogens with one attached hydrogen (secondary N) is 1. The monoisotopic (exact) mass is 173 g/mol. The lowest BCUT2D eigenvalue weighted by Crippen LogP contribution is -1.86. The van der Waals surface area contributed by atoms with Crippen LogP contribution in [0.4, 0.5) is 0 Å². The number of hydrogen-bond acceptors (Lipinski definition) is 3. The van der Waals surface area contributed by atoms with E-state index in [1.165, 1.54) is 0 Å². The first-order chi connectivity index (χ1) is 6.42. The number of hydrogen-bond donors (Lipinski definition) is 1. The standard InChI is InChI=1S/C9H7N3O/c13-6-7-3-1-2-4-8(7)9-5-10-12-11-9/h1-6H,(H,10,11,12). The Morgan fingerprint density at radius 1 is 1.31 bits per heavy atom. The summed E-state index contributed by atoms with van der Waals surface area (Å²) >= 11 is 0. The van der Waals surface area contributed by atoms with E-state index in [9.17, 15) is 4.79 Å². The maximum absolute atomic E-state index is 10.7. The van der Waals surface area contributed by atoms with Gasteiger partial charge in [-0.2, -0.15) is 0 Å². The Labute approximate surface area is 74.6 Å². The molecule has 64 valence electrons. The van der Waals surface area contributed by atoms with E-state index in [0.29, 0.717) is 11.3 Å². The number of carbonyl (C=O) groups is 1. The summed E-state index contributed by atoms with van der Waals surface area (Å²) in [6.45, 7) is 0. The maximum atomic E-state index is 10.7. The maximum Gasteiger partial charge on any atom is 0.150 e. The summed E-state index contributed by atoms with van der Waals surface area (Å²) in [6, 6.07) is 7.25. The van der Waals surface area contributed by atoms with Crippen LogP contribution < -0.4 is 0 Å². The predicted molar refractivity (Wildman–Crippen MR) is 47.2 cm³/mol. The molecule has 0 amide bonds. The van der Waals surface area contributed by atoms with Gasteiger partial charge in [0.25, 0.3) is 0 Å². The van der Waals surface area contributed by atoms with E-state index in [4.69, 9.17) is 0 Å². The predicted octanol–water partition coefficient (Wildman–Crippen LogP) is 1.28. The van der Waals surface area contributed by atoms with Crippen LogP contribution in [0.2, 0.25) is 0 Å². The van der Waals surface area contributed by atoms with Crippen LogP contribution in [0.25, 0.3) is 11.3 Å². The third kappa shape index (κ3) is 1.33. The molecule has 4 heteroatoms. The number of nitrogens with zero attached hydrogens (tertiary/aromatic N) is 2. The summed E-state index contributed by atoms with van der Waals surface area (Å²) in [6.07, 6.45) is 2.46. The molecule has 1 aromatic carbocycles. The Morgan fingerprint density at radius 3 is 2.85 bits per heavy atom. The van der Waals surface area contributed by atoms with Crippen LogP contribution in [-0.2, 0) is 0 Å². The number of H-pyrrole nitrogens is 1. The lowest BCUT2D eigenvalue weighted by atomic mass is 10.1. The summed E-state index contributed by atoms with van der Waals surface area (Å²) in [4.78, 5) is 10.7. The molecule has 0 spiro atoms. The lowest BCUT2D eigenvalue weighted by Gasteiger charge is -1.97. The average molecular weight is 173 g/mol. The van der Waals surface area contributed by atoms with Crippen molar-refractivity contribution in [1.82, 2.24) is 15.4 Å². The molecule has 0 atom stereocenters. The SMILES string of the molecule is O=Cc1ccccc1-c1c[nH]nn1. The Hall–Kier alpha value is -1.97. The quantitative estimate of drug-likeness (QED) is 0.696. The third-order valence-corrected chi connectivity index (χ3v) is 1.78. The van der Waals surface area contributed by atoms with Gasteiger partial charge >= 0.3 is 0 Å². The van der Waals surface area contributed by atoms with Gasteiger partial charge in [0.1, 0.15) is 5.69 Å². The number of aromatic nitrogens is 3. The van der Waals surface area contributed by atoms with Crippen molar-refractivity contribution in [3.63, 3.8) is 0 Å². The number of benzene rings is 1. The van der Waals surface area contributed by atoms with Gasteiger partial charge in [-0.15, -0.1) is 5.10 Å². The topological polar surface area (TPSA) is 58.6 Å². The van der Waals surface area contributed by atoms with Gasteiger partial charge in [0.05, 0.1) is 6.20 Å². The molecule has 2 rings (SSSR count). The van der Waals surface area contributed by atoms with E-state index in [-0.39, 0.29) is 0 Å². The fraction of sp³-hybridized carbons (Fsp3) is 0. The normalized spacial score (nSPS) is 9.85. The van der Waals surface area contributed by atoms with Gasteiger partial charge in [-0.1, -0.05) is 29.5 Å². The molecule has 2 aromatic rings. The highest BCUT2D eigenvalue weighted by Crippen LogP contribution is 2.18. The first-order valence-corrected chi connectivity index (χ1v) is 3.83. The molecule has 4 nitrogen and oxygen atoms in total. The highest BCUT2D eigenvalue weighted by Gasteiger charge is 2.04. The van der Waals surface area contributed by atoms with Gasteiger partial charge in [0, 0.05) is 11.1 Å². The molecular weight excluding hydrogens is 166 g/mol. The molecule has 0 aliphatic rings. The number of aldehydes is 1. The minimum absolute atomic E-state index is 0.622. The molecule has 0 radical (unpaired) electrons. The van der Waals surface area contributed by atoms with E-state index < -0.39 is 0 Å². The van der Waals surface area contributed by atoms with Crippen molar-refractivity contribution < 1.29 is 4.79 Å². The van der Waals surface area contributed by atoms with Gasteiger partial charge in [0.15, 0.2) is 6.29 Å². The Morgan fingerprint density at radius 2 is 2.15 bits per heavy atom. The van der Waals surface area contributed by atoms with Crippen molar-refractivity contribution in [2.24, 2.45) is 0 Å². The molecule has 1 N–H and O–H groups in total. The molecule has 0 aliphatic heterocycles. The van der Waals surface area contributed by atoms with Gasteiger partial charge in [-0.25, -0.2) is 0 Å². The second-order valence-corrected chi connectivity index (χ2v) is 2.56. The summed E-state index contributed by atoms with van der Waals surface area (Å²) < 4.78 is 0. The van der Waals surface area contributed by atoms with Crippen LogP contribution >= 0.6 is 0 Å².